The number of hydrogen-bond acceptors (Lipinski definition) is 7. The minimum absolute atomic E-state index is 0.0436. The van der Waals surface area contributed by atoms with Crippen LogP contribution in [-0.4, -0.2) is 29.1 Å². The topological polar surface area (TPSA) is 130 Å². The van der Waals surface area contributed by atoms with Crippen LogP contribution >= 0.6 is 0 Å². The Labute approximate surface area is 187 Å². The molecule has 5 rings (SSSR count). The van der Waals surface area contributed by atoms with Gasteiger partial charge in [-0.25, -0.2) is 9.18 Å². The van der Waals surface area contributed by atoms with Crippen molar-refractivity contribution in [1.29, 1.82) is 5.26 Å². The lowest BCUT2D eigenvalue weighted by Gasteiger charge is -2.21. The van der Waals surface area contributed by atoms with Crippen molar-refractivity contribution in [1.82, 2.24) is 29.1 Å². The molecular formula is C22H19FN8O2. The second-order valence-corrected chi connectivity index (χ2v) is 7.87. The van der Waals surface area contributed by atoms with Gasteiger partial charge < -0.3 is 15.0 Å². The molecule has 1 atom stereocenters. The molecule has 0 saturated heterocycles. The predicted molar refractivity (Wildman–Crippen MR) is 116 cm³/mol. The molecule has 0 radical (unpaired) electrons. The maximum atomic E-state index is 14.2. The highest BCUT2D eigenvalue weighted by Gasteiger charge is 2.26. The molecule has 0 fully saturated rings. The Balaban J connectivity index is 1.88. The van der Waals surface area contributed by atoms with Crippen LogP contribution in [0.1, 0.15) is 35.7 Å². The molecule has 33 heavy (non-hydrogen) atoms. The number of rotatable bonds is 0. The Morgan fingerprint density at radius 2 is 2.06 bits per heavy atom. The van der Waals surface area contributed by atoms with Crippen LogP contribution in [0.4, 0.5) is 10.2 Å². The monoisotopic (exact) mass is 446 g/mol. The van der Waals surface area contributed by atoms with Crippen molar-refractivity contribution in [3.63, 3.8) is 0 Å². The number of nitriles is 1. The van der Waals surface area contributed by atoms with E-state index in [-0.39, 0.29) is 29.4 Å². The Bertz CT molecular complexity index is 1520. The van der Waals surface area contributed by atoms with Crippen LogP contribution in [0.2, 0.25) is 0 Å². The highest BCUT2D eigenvalue weighted by molar-refractivity contribution is 5.71. The Morgan fingerprint density at radius 1 is 1.27 bits per heavy atom. The fourth-order valence-corrected chi connectivity index (χ4v) is 4.18. The van der Waals surface area contributed by atoms with Crippen LogP contribution in [0.3, 0.4) is 0 Å². The summed E-state index contributed by atoms with van der Waals surface area (Å²) in [5.74, 6) is -0.196. The average molecular weight is 446 g/mol. The number of nitrogens with two attached hydrogens (primary N) is 1. The van der Waals surface area contributed by atoms with Crippen molar-refractivity contribution < 1.29 is 9.13 Å². The van der Waals surface area contributed by atoms with Gasteiger partial charge in [0.25, 0.3) is 0 Å². The molecule has 2 bridgehead atoms. The van der Waals surface area contributed by atoms with Gasteiger partial charge in [0.1, 0.15) is 29.4 Å². The molecule has 1 aromatic carbocycles. The molecule has 3 aromatic heterocycles. The minimum atomic E-state index is -0.682. The summed E-state index contributed by atoms with van der Waals surface area (Å²) >= 11 is 0. The van der Waals surface area contributed by atoms with Crippen LogP contribution in [0.15, 0.2) is 35.3 Å². The lowest BCUT2D eigenvalue weighted by Crippen LogP contribution is -2.24. The number of benzene rings is 1. The zero-order valence-electron chi connectivity index (χ0n) is 18.1. The van der Waals surface area contributed by atoms with Gasteiger partial charge in [0.2, 0.25) is 0 Å². The largest absolute Gasteiger partial charge is 0.482 e. The fourth-order valence-electron chi connectivity index (χ4n) is 4.18. The van der Waals surface area contributed by atoms with Crippen LogP contribution in [-0.2, 0) is 20.5 Å². The second kappa shape index (κ2) is 7.30. The molecular weight excluding hydrogens is 427 g/mol. The zero-order valence-corrected chi connectivity index (χ0v) is 18.1. The average Bonchev–Trinajstić information content (AvgIpc) is 3.24. The van der Waals surface area contributed by atoms with Gasteiger partial charge in [0, 0.05) is 38.3 Å². The number of aromatic nitrogens is 6. The molecule has 0 amide bonds. The first-order valence-electron chi connectivity index (χ1n) is 10.1. The quantitative estimate of drug-likeness (QED) is 0.437. The SMILES string of the molecule is C[C@H]1Oc2cc(nnc2N)-c2c(nn(C)c2C#N)Cc2cn(C)c(=O)n2-c2ccc(F)cc21. The number of hydrogen-bond donors (Lipinski definition) is 1. The number of nitrogens with zero attached hydrogens (tertiary/aromatic N) is 7. The van der Waals surface area contributed by atoms with Gasteiger partial charge in [0.15, 0.2) is 11.6 Å². The van der Waals surface area contributed by atoms with E-state index in [2.05, 4.69) is 21.4 Å². The molecule has 4 heterocycles. The normalized spacial score (nSPS) is 14.7. The predicted octanol–water partition coefficient (Wildman–Crippen LogP) is 2.00. The number of aryl methyl sites for hydroxylation is 2. The van der Waals surface area contributed by atoms with Gasteiger partial charge in [-0.2, -0.15) is 10.4 Å². The number of halogens is 1. The molecule has 10 nitrogen and oxygen atoms in total. The van der Waals surface area contributed by atoms with Crippen LogP contribution < -0.4 is 16.2 Å². The summed E-state index contributed by atoms with van der Waals surface area (Å²) < 4.78 is 24.7. The van der Waals surface area contributed by atoms with Crippen molar-refractivity contribution in [3.8, 4) is 28.8 Å². The molecule has 4 aromatic rings. The number of ether oxygens (including phenoxy) is 1. The lowest BCUT2D eigenvalue weighted by atomic mass is 10.0. The van der Waals surface area contributed by atoms with Gasteiger partial charge in [-0.3, -0.25) is 9.25 Å². The molecule has 1 aliphatic rings. The third-order valence-electron chi connectivity index (χ3n) is 5.71. The zero-order chi connectivity index (χ0) is 23.4. The highest BCUT2D eigenvalue weighted by Crippen LogP contribution is 2.35. The summed E-state index contributed by atoms with van der Waals surface area (Å²) in [5.41, 5.74) is 8.89. The van der Waals surface area contributed by atoms with E-state index >= 15 is 0 Å². The van der Waals surface area contributed by atoms with Crippen molar-refractivity contribution in [3.05, 3.63) is 69.4 Å². The van der Waals surface area contributed by atoms with Crippen LogP contribution in [0, 0.1) is 17.1 Å². The van der Waals surface area contributed by atoms with Crippen molar-refractivity contribution >= 4 is 5.82 Å². The summed E-state index contributed by atoms with van der Waals surface area (Å²) in [6.07, 6.45) is 1.23. The van der Waals surface area contributed by atoms with E-state index in [9.17, 15) is 14.4 Å². The molecule has 0 unspecified atom stereocenters. The number of imidazole rings is 1. The maximum Gasteiger partial charge on any atom is 0.332 e. The first-order chi connectivity index (χ1) is 15.8. The first kappa shape index (κ1) is 20.4. The van der Waals surface area contributed by atoms with Gasteiger partial charge in [-0.15, -0.1) is 10.2 Å². The van der Waals surface area contributed by atoms with E-state index in [1.54, 1.807) is 39.3 Å². The number of anilines is 1. The summed E-state index contributed by atoms with van der Waals surface area (Å²) in [6.45, 7) is 1.73. The molecule has 2 N–H and O–H groups in total. The van der Waals surface area contributed by atoms with Crippen LogP contribution in [0.25, 0.3) is 16.9 Å². The molecule has 166 valence electrons. The third-order valence-corrected chi connectivity index (χ3v) is 5.71. The summed E-state index contributed by atoms with van der Waals surface area (Å²) in [5, 5.41) is 22.5. The minimum Gasteiger partial charge on any atom is -0.482 e. The van der Waals surface area contributed by atoms with Crippen molar-refractivity contribution in [2.45, 2.75) is 19.4 Å². The fraction of sp³-hybridized carbons (Fsp3) is 0.227. The Hall–Kier alpha value is -4.46. The van der Waals surface area contributed by atoms with E-state index in [1.807, 2.05) is 0 Å². The number of fused-ring (bicyclic) bond motifs is 7. The molecule has 1 aliphatic heterocycles. The Morgan fingerprint density at radius 3 is 2.82 bits per heavy atom. The van der Waals surface area contributed by atoms with Crippen molar-refractivity contribution in [2.75, 3.05) is 5.73 Å². The van der Waals surface area contributed by atoms with E-state index in [1.165, 1.54) is 25.9 Å². The lowest BCUT2D eigenvalue weighted by molar-refractivity contribution is 0.226. The molecule has 11 heteroatoms. The van der Waals surface area contributed by atoms with E-state index < -0.39 is 11.9 Å². The van der Waals surface area contributed by atoms with Crippen LogP contribution in [0.5, 0.6) is 5.75 Å². The summed E-state index contributed by atoms with van der Waals surface area (Å²) in [4.78, 5) is 13.1. The van der Waals surface area contributed by atoms with E-state index in [4.69, 9.17) is 10.5 Å². The van der Waals surface area contributed by atoms with E-state index in [0.29, 0.717) is 33.9 Å². The molecule has 0 saturated carbocycles. The van der Waals surface area contributed by atoms with Gasteiger partial charge >= 0.3 is 5.69 Å². The summed E-state index contributed by atoms with van der Waals surface area (Å²) in [6, 6.07) is 7.92. The third kappa shape index (κ3) is 3.15. The number of nitrogen functional groups attached to an aromatic ring is 1. The maximum absolute atomic E-state index is 14.2. The standard InChI is InChI=1S/C22H19FN8O2/c1-11-14-6-12(23)4-5-17(14)31-13(10-29(2)22(31)32)7-16-20(18(9-24)30(3)28-16)15-8-19(33-11)21(25)27-26-15/h4-6,8,10-11H,7H2,1-3H3,(H2,25,27)/t11-/m1/s1. The van der Waals surface area contributed by atoms with Gasteiger partial charge in [-0.1, -0.05) is 0 Å². The molecule has 0 spiro atoms. The second-order valence-electron chi connectivity index (χ2n) is 7.87. The van der Waals surface area contributed by atoms with Gasteiger partial charge in [-0.05, 0) is 25.1 Å². The molecule has 0 aliphatic carbocycles. The summed E-state index contributed by atoms with van der Waals surface area (Å²) in [7, 11) is 3.29. The highest BCUT2D eigenvalue weighted by atomic mass is 19.1. The van der Waals surface area contributed by atoms with E-state index in [0.717, 1.165) is 0 Å². The smallest absolute Gasteiger partial charge is 0.332 e. The first-order valence-corrected chi connectivity index (χ1v) is 10.1. The Kier molecular flexibility index (Phi) is 4.52. The van der Waals surface area contributed by atoms with Gasteiger partial charge in [0.05, 0.1) is 22.6 Å². The van der Waals surface area contributed by atoms with Crippen molar-refractivity contribution in [2.24, 2.45) is 14.1 Å².